The number of benzene rings is 1. The molecule has 0 fully saturated rings. The monoisotopic (exact) mass is 274 g/mol. The van der Waals surface area contributed by atoms with Gasteiger partial charge in [-0.3, -0.25) is 10.1 Å². The van der Waals surface area contributed by atoms with Crippen LogP contribution < -0.4 is 5.32 Å². The lowest BCUT2D eigenvalue weighted by molar-refractivity contribution is -0.384. The molecule has 20 heavy (non-hydrogen) atoms. The van der Waals surface area contributed by atoms with Crippen LogP contribution in [0.25, 0.3) is 0 Å². The highest BCUT2D eigenvalue weighted by molar-refractivity contribution is 5.57. The minimum atomic E-state index is -0.386. The van der Waals surface area contributed by atoms with Gasteiger partial charge < -0.3 is 9.73 Å². The number of anilines is 1. The second-order valence-electron chi connectivity index (χ2n) is 4.99. The minimum Gasteiger partial charge on any atom is -0.466 e. The molecule has 0 saturated heterocycles. The van der Waals surface area contributed by atoms with Gasteiger partial charge in [-0.25, -0.2) is 0 Å². The molecule has 2 aromatic rings. The molecule has 1 atom stereocenters. The maximum Gasteiger partial charge on any atom is 0.271 e. The van der Waals surface area contributed by atoms with Gasteiger partial charge in [-0.15, -0.1) is 0 Å². The van der Waals surface area contributed by atoms with Crippen LogP contribution in [0.15, 0.2) is 28.7 Å². The van der Waals surface area contributed by atoms with Gasteiger partial charge in [-0.2, -0.15) is 0 Å². The normalized spacial score (nSPS) is 12.2. The number of furan rings is 1. The molecule has 5 heteroatoms. The van der Waals surface area contributed by atoms with Gasteiger partial charge in [0.05, 0.1) is 11.0 Å². The minimum absolute atomic E-state index is 0.0214. The maximum absolute atomic E-state index is 10.8. The molecule has 5 nitrogen and oxygen atoms in total. The zero-order chi connectivity index (χ0) is 14.9. The van der Waals surface area contributed by atoms with Crippen molar-refractivity contribution < 1.29 is 9.34 Å². The number of hydrogen-bond acceptors (Lipinski definition) is 4. The summed E-state index contributed by atoms with van der Waals surface area (Å²) in [4.78, 5) is 10.5. The smallest absolute Gasteiger partial charge is 0.271 e. The Hall–Kier alpha value is -2.30. The summed E-state index contributed by atoms with van der Waals surface area (Å²) >= 11 is 0. The van der Waals surface area contributed by atoms with Crippen LogP contribution in [-0.4, -0.2) is 4.92 Å². The fourth-order valence-electron chi connectivity index (χ4n) is 2.27. The van der Waals surface area contributed by atoms with Crippen molar-refractivity contribution in [2.45, 2.75) is 33.7 Å². The molecule has 0 aliphatic heterocycles. The van der Waals surface area contributed by atoms with E-state index in [9.17, 15) is 10.1 Å². The van der Waals surface area contributed by atoms with E-state index in [1.54, 1.807) is 12.1 Å². The van der Waals surface area contributed by atoms with Gasteiger partial charge in [0, 0.05) is 23.4 Å². The summed E-state index contributed by atoms with van der Waals surface area (Å²) in [6.45, 7) is 7.75. The van der Waals surface area contributed by atoms with Crippen molar-refractivity contribution in [3.63, 3.8) is 0 Å². The average molecular weight is 274 g/mol. The number of nitro benzene ring substituents is 1. The maximum atomic E-state index is 10.8. The number of nitrogens with one attached hydrogen (secondary N) is 1. The third kappa shape index (κ3) is 2.82. The zero-order valence-corrected chi connectivity index (χ0v) is 12.1. The molecule has 1 N–H and O–H groups in total. The number of nitrogens with zero attached hydrogens (tertiary/aromatic N) is 1. The van der Waals surface area contributed by atoms with E-state index in [1.165, 1.54) is 6.07 Å². The Morgan fingerprint density at radius 2 is 1.95 bits per heavy atom. The first-order valence-electron chi connectivity index (χ1n) is 6.47. The summed E-state index contributed by atoms with van der Waals surface area (Å²) in [7, 11) is 0. The van der Waals surface area contributed by atoms with E-state index in [1.807, 2.05) is 33.8 Å². The Bertz CT molecular complexity index is 647. The Morgan fingerprint density at radius 3 is 2.50 bits per heavy atom. The molecule has 0 aliphatic rings. The van der Waals surface area contributed by atoms with E-state index in [0.717, 1.165) is 28.3 Å². The summed E-state index contributed by atoms with van der Waals surface area (Å²) in [6, 6.07) is 6.83. The molecule has 0 radical (unpaired) electrons. The van der Waals surface area contributed by atoms with Crippen LogP contribution in [0.3, 0.4) is 0 Å². The molecular formula is C15H18N2O3. The van der Waals surface area contributed by atoms with Gasteiger partial charge in [-0.1, -0.05) is 6.07 Å². The fraction of sp³-hybridized carbons (Fsp3) is 0.333. The summed E-state index contributed by atoms with van der Waals surface area (Å²) in [6.07, 6.45) is 0. The SMILES string of the molecule is Cc1cc(C(C)Nc2cc([N+](=O)[O-])ccc2C)c(C)o1. The van der Waals surface area contributed by atoms with Gasteiger partial charge in [-0.05, 0) is 39.3 Å². The van der Waals surface area contributed by atoms with Crippen LogP contribution >= 0.6 is 0 Å². The molecule has 1 heterocycles. The van der Waals surface area contributed by atoms with Gasteiger partial charge in [0.1, 0.15) is 11.5 Å². The summed E-state index contributed by atoms with van der Waals surface area (Å²) in [5, 5.41) is 14.2. The van der Waals surface area contributed by atoms with E-state index < -0.39 is 0 Å². The Balaban J connectivity index is 2.27. The van der Waals surface area contributed by atoms with E-state index in [0.29, 0.717) is 0 Å². The molecule has 1 unspecified atom stereocenters. The van der Waals surface area contributed by atoms with E-state index in [4.69, 9.17) is 4.42 Å². The summed E-state index contributed by atoms with van der Waals surface area (Å²) in [5.41, 5.74) is 2.89. The first-order valence-corrected chi connectivity index (χ1v) is 6.47. The second kappa shape index (κ2) is 5.36. The van der Waals surface area contributed by atoms with Crippen LogP contribution in [0.4, 0.5) is 11.4 Å². The van der Waals surface area contributed by atoms with Crippen LogP contribution in [0, 0.1) is 30.9 Å². The average Bonchev–Trinajstić information content (AvgIpc) is 2.71. The number of hydrogen-bond donors (Lipinski definition) is 1. The molecule has 106 valence electrons. The lowest BCUT2D eigenvalue weighted by atomic mass is 10.1. The van der Waals surface area contributed by atoms with Crippen LogP contribution in [0.2, 0.25) is 0 Å². The van der Waals surface area contributed by atoms with E-state index in [-0.39, 0.29) is 16.7 Å². The molecule has 2 rings (SSSR count). The molecule has 0 bridgehead atoms. The van der Waals surface area contributed by atoms with Crippen molar-refractivity contribution in [1.29, 1.82) is 0 Å². The first kappa shape index (κ1) is 14.1. The van der Waals surface area contributed by atoms with Crippen molar-refractivity contribution >= 4 is 11.4 Å². The van der Waals surface area contributed by atoms with Crippen molar-refractivity contribution in [3.8, 4) is 0 Å². The highest BCUT2D eigenvalue weighted by Gasteiger charge is 2.15. The number of aryl methyl sites for hydroxylation is 3. The highest BCUT2D eigenvalue weighted by atomic mass is 16.6. The number of non-ortho nitro benzene ring substituents is 1. The lowest BCUT2D eigenvalue weighted by Crippen LogP contribution is -2.08. The Kier molecular flexibility index (Phi) is 3.79. The second-order valence-corrected chi connectivity index (χ2v) is 4.99. The van der Waals surface area contributed by atoms with Gasteiger partial charge in [0.15, 0.2) is 0 Å². The summed E-state index contributed by atoms with van der Waals surface area (Å²) in [5.74, 6) is 1.73. The fourth-order valence-corrected chi connectivity index (χ4v) is 2.27. The highest BCUT2D eigenvalue weighted by Crippen LogP contribution is 2.28. The molecule has 1 aromatic carbocycles. The van der Waals surface area contributed by atoms with Crippen LogP contribution in [0.5, 0.6) is 0 Å². The van der Waals surface area contributed by atoms with E-state index >= 15 is 0 Å². The Morgan fingerprint density at radius 1 is 1.25 bits per heavy atom. The molecular weight excluding hydrogens is 256 g/mol. The quantitative estimate of drug-likeness (QED) is 0.667. The largest absolute Gasteiger partial charge is 0.466 e. The number of rotatable bonds is 4. The zero-order valence-electron chi connectivity index (χ0n) is 12.1. The molecule has 1 aromatic heterocycles. The molecule has 0 aliphatic carbocycles. The molecule has 0 saturated carbocycles. The topological polar surface area (TPSA) is 68.3 Å². The van der Waals surface area contributed by atoms with Gasteiger partial charge in [0.2, 0.25) is 0 Å². The summed E-state index contributed by atoms with van der Waals surface area (Å²) < 4.78 is 5.52. The predicted molar refractivity (Wildman–Crippen MR) is 78.1 cm³/mol. The van der Waals surface area contributed by atoms with Crippen LogP contribution in [-0.2, 0) is 0 Å². The van der Waals surface area contributed by atoms with Gasteiger partial charge >= 0.3 is 0 Å². The van der Waals surface area contributed by atoms with Crippen molar-refractivity contribution in [3.05, 3.63) is 57.0 Å². The Labute approximate surface area is 117 Å². The number of nitro groups is 1. The first-order chi connectivity index (χ1) is 9.38. The standard InChI is InChI=1S/C15H18N2O3/c1-9-5-6-13(17(18)19)8-15(9)16-11(3)14-7-10(2)20-12(14)4/h5-8,11,16H,1-4H3. The van der Waals surface area contributed by atoms with Crippen molar-refractivity contribution in [2.24, 2.45) is 0 Å². The molecule has 0 amide bonds. The predicted octanol–water partition coefficient (Wildman–Crippen LogP) is 4.29. The van der Waals surface area contributed by atoms with E-state index in [2.05, 4.69) is 5.32 Å². The van der Waals surface area contributed by atoms with Crippen molar-refractivity contribution in [1.82, 2.24) is 0 Å². The molecule has 0 spiro atoms. The third-order valence-electron chi connectivity index (χ3n) is 3.35. The lowest BCUT2D eigenvalue weighted by Gasteiger charge is -2.16. The van der Waals surface area contributed by atoms with Crippen LogP contribution in [0.1, 0.15) is 35.6 Å². The third-order valence-corrected chi connectivity index (χ3v) is 3.35. The van der Waals surface area contributed by atoms with Gasteiger partial charge in [0.25, 0.3) is 5.69 Å². The van der Waals surface area contributed by atoms with Crippen molar-refractivity contribution in [2.75, 3.05) is 5.32 Å².